The number of rotatable bonds is 5. The number of aryl methyl sites for hydroxylation is 2. The number of carbonyl (C=O) groups excluding carboxylic acids is 1. The van der Waals surface area contributed by atoms with Gasteiger partial charge in [-0.1, -0.05) is 66.7 Å². The fourth-order valence-corrected chi connectivity index (χ4v) is 2.83. The largest absolute Gasteiger partial charge is 0.322 e. The predicted molar refractivity (Wildman–Crippen MR) is 107 cm³/mol. The number of nitrogens with one attached hydrogen (secondary N) is 1. The molecule has 3 rings (SSSR count). The number of carbonyl (C=O) groups is 1. The van der Waals surface area contributed by atoms with E-state index in [-0.39, 0.29) is 6.03 Å². The Kier molecular flexibility index (Phi) is 5.69. The van der Waals surface area contributed by atoms with Crippen molar-refractivity contribution in [2.75, 3.05) is 5.32 Å². The Morgan fingerprint density at radius 2 is 1.31 bits per heavy atom. The van der Waals surface area contributed by atoms with E-state index in [1.807, 2.05) is 83.8 Å². The van der Waals surface area contributed by atoms with Gasteiger partial charge in [0, 0.05) is 18.8 Å². The van der Waals surface area contributed by atoms with E-state index in [1.54, 1.807) is 0 Å². The van der Waals surface area contributed by atoms with Crippen molar-refractivity contribution in [3.8, 4) is 0 Å². The molecule has 0 aromatic heterocycles. The summed E-state index contributed by atoms with van der Waals surface area (Å²) in [6, 6.07) is 26.0. The van der Waals surface area contributed by atoms with Gasteiger partial charge in [0.15, 0.2) is 0 Å². The molecular weight excluding hydrogens is 320 g/mol. The minimum Gasteiger partial charge on any atom is -0.316 e. The number of anilines is 1. The highest BCUT2D eigenvalue weighted by Crippen LogP contribution is 2.17. The standard InChI is InChI=1S/C23H24N2O/c1-18-13-14-22(15-19(18)2)24-23(26)25(16-20-9-5-3-6-10-20)17-21-11-7-4-8-12-21/h3-15H,16-17H2,1-2H3,(H,24,26). The van der Waals surface area contributed by atoms with E-state index in [9.17, 15) is 4.79 Å². The van der Waals surface area contributed by atoms with Crippen molar-refractivity contribution in [2.45, 2.75) is 26.9 Å². The molecule has 3 aromatic carbocycles. The molecule has 0 aliphatic rings. The van der Waals surface area contributed by atoms with E-state index < -0.39 is 0 Å². The third kappa shape index (κ3) is 4.73. The van der Waals surface area contributed by atoms with Crippen LogP contribution < -0.4 is 5.32 Å². The fourth-order valence-electron chi connectivity index (χ4n) is 2.83. The highest BCUT2D eigenvalue weighted by molar-refractivity contribution is 5.89. The first-order valence-electron chi connectivity index (χ1n) is 8.83. The molecule has 3 nitrogen and oxygen atoms in total. The molecule has 0 radical (unpaired) electrons. The minimum absolute atomic E-state index is 0.0963. The fraction of sp³-hybridized carbons (Fsp3) is 0.174. The molecule has 0 unspecified atom stereocenters. The lowest BCUT2D eigenvalue weighted by Crippen LogP contribution is -2.34. The number of hydrogen-bond acceptors (Lipinski definition) is 1. The van der Waals surface area contributed by atoms with Gasteiger partial charge >= 0.3 is 6.03 Å². The topological polar surface area (TPSA) is 32.3 Å². The van der Waals surface area contributed by atoms with Crippen LogP contribution in [-0.2, 0) is 13.1 Å². The number of hydrogen-bond donors (Lipinski definition) is 1. The first kappa shape index (κ1) is 17.7. The maximum atomic E-state index is 12.9. The van der Waals surface area contributed by atoms with E-state index in [0.29, 0.717) is 13.1 Å². The summed E-state index contributed by atoms with van der Waals surface area (Å²) in [5.74, 6) is 0. The molecule has 1 N–H and O–H groups in total. The lowest BCUT2D eigenvalue weighted by atomic mass is 10.1. The molecule has 3 aromatic rings. The van der Waals surface area contributed by atoms with Crippen LogP contribution in [0.4, 0.5) is 10.5 Å². The average Bonchev–Trinajstić information content (AvgIpc) is 2.66. The van der Waals surface area contributed by atoms with Gasteiger partial charge in [-0.25, -0.2) is 4.79 Å². The molecule has 2 amide bonds. The van der Waals surface area contributed by atoms with Gasteiger partial charge in [-0.15, -0.1) is 0 Å². The van der Waals surface area contributed by atoms with Crippen molar-refractivity contribution < 1.29 is 4.79 Å². The van der Waals surface area contributed by atoms with E-state index >= 15 is 0 Å². The Hall–Kier alpha value is -3.07. The third-order valence-corrected chi connectivity index (χ3v) is 4.48. The number of benzene rings is 3. The molecule has 26 heavy (non-hydrogen) atoms. The van der Waals surface area contributed by atoms with Crippen molar-refractivity contribution in [3.05, 3.63) is 101 Å². The smallest absolute Gasteiger partial charge is 0.316 e. The van der Waals surface area contributed by atoms with Crippen molar-refractivity contribution in [1.82, 2.24) is 4.90 Å². The van der Waals surface area contributed by atoms with Gasteiger partial charge in [0.1, 0.15) is 0 Å². The second-order valence-corrected chi connectivity index (χ2v) is 6.56. The molecule has 0 aliphatic carbocycles. The first-order valence-corrected chi connectivity index (χ1v) is 8.83. The maximum Gasteiger partial charge on any atom is 0.322 e. The van der Waals surface area contributed by atoms with Crippen molar-refractivity contribution in [3.63, 3.8) is 0 Å². The summed E-state index contributed by atoms with van der Waals surface area (Å²) in [4.78, 5) is 14.8. The van der Waals surface area contributed by atoms with Crippen molar-refractivity contribution >= 4 is 11.7 Å². The Morgan fingerprint density at radius 3 is 1.81 bits per heavy atom. The van der Waals surface area contributed by atoms with Crippen LogP contribution in [0.15, 0.2) is 78.9 Å². The molecule has 0 aliphatic heterocycles. The number of urea groups is 1. The van der Waals surface area contributed by atoms with Crippen LogP contribution in [0.5, 0.6) is 0 Å². The third-order valence-electron chi connectivity index (χ3n) is 4.48. The lowest BCUT2D eigenvalue weighted by molar-refractivity contribution is 0.206. The minimum atomic E-state index is -0.0963. The lowest BCUT2D eigenvalue weighted by Gasteiger charge is -2.24. The molecule has 0 saturated carbocycles. The zero-order valence-electron chi connectivity index (χ0n) is 15.3. The summed E-state index contributed by atoms with van der Waals surface area (Å²) in [7, 11) is 0. The molecule has 0 heterocycles. The summed E-state index contributed by atoms with van der Waals surface area (Å²) in [6.45, 7) is 5.24. The molecule has 0 atom stereocenters. The highest BCUT2D eigenvalue weighted by Gasteiger charge is 2.15. The molecule has 0 saturated heterocycles. The van der Waals surface area contributed by atoms with E-state index in [0.717, 1.165) is 16.8 Å². The summed E-state index contributed by atoms with van der Waals surface area (Å²) < 4.78 is 0. The zero-order chi connectivity index (χ0) is 18.4. The van der Waals surface area contributed by atoms with Gasteiger partial charge in [-0.3, -0.25) is 0 Å². The Morgan fingerprint density at radius 1 is 0.769 bits per heavy atom. The maximum absolute atomic E-state index is 12.9. The van der Waals surface area contributed by atoms with Gasteiger partial charge < -0.3 is 10.2 Å². The van der Waals surface area contributed by atoms with Crippen LogP contribution in [0.2, 0.25) is 0 Å². The molecular formula is C23H24N2O. The summed E-state index contributed by atoms with van der Waals surface area (Å²) in [5, 5.41) is 3.04. The molecule has 0 fully saturated rings. The van der Waals surface area contributed by atoms with Gasteiger partial charge in [0.2, 0.25) is 0 Å². The van der Waals surface area contributed by atoms with Crippen LogP contribution in [-0.4, -0.2) is 10.9 Å². The average molecular weight is 344 g/mol. The second-order valence-electron chi connectivity index (χ2n) is 6.56. The monoisotopic (exact) mass is 344 g/mol. The molecule has 3 heteroatoms. The van der Waals surface area contributed by atoms with Gasteiger partial charge in [0.05, 0.1) is 0 Å². The Bertz CT molecular complexity index is 818. The van der Waals surface area contributed by atoms with Crippen molar-refractivity contribution in [1.29, 1.82) is 0 Å². The van der Waals surface area contributed by atoms with Crippen LogP contribution in [0.25, 0.3) is 0 Å². The second kappa shape index (κ2) is 8.34. The summed E-state index contributed by atoms with van der Waals surface area (Å²) >= 11 is 0. The number of amides is 2. The van der Waals surface area contributed by atoms with Crippen LogP contribution >= 0.6 is 0 Å². The normalized spacial score (nSPS) is 10.4. The van der Waals surface area contributed by atoms with E-state index in [2.05, 4.69) is 19.2 Å². The van der Waals surface area contributed by atoms with E-state index in [1.165, 1.54) is 11.1 Å². The van der Waals surface area contributed by atoms with Gasteiger partial charge in [-0.05, 0) is 48.2 Å². The summed E-state index contributed by atoms with van der Waals surface area (Å²) in [5.41, 5.74) is 5.43. The molecule has 0 bridgehead atoms. The SMILES string of the molecule is Cc1ccc(NC(=O)N(Cc2ccccc2)Cc2ccccc2)cc1C. The number of nitrogens with zero attached hydrogens (tertiary/aromatic N) is 1. The van der Waals surface area contributed by atoms with Crippen LogP contribution in [0, 0.1) is 13.8 Å². The van der Waals surface area contributed by atoms with Gasteiger partial charge in [-0.2, -0.15) is 0 Å². The zero-order valence-corrected chi connectivity index (χ0v) is 15.3. The first-order chi connectivity index (χ1) is 12.6. The van der Waals surface area contributed by atoms with E-state index in [4.69, 9.17) is 0 Å². The van der Waals surface area contributed by atoms with Crippen LogP contribution in [0.1, 0.15) is 22.3 Å². The Labute approximate surface area is 155 Å². The summed E-state index contributed by atoms with van der Waals surface area (Å²) in [6.07, 6.45) is 0. The molecule has 132 valence electrons. The van der Waals surface area contributed by atoms with Crippen molar-refractivity contribution in [2.24, 2.45) is 0 Å². The Balaban J connectivity index is 1.78. The van der Waals surface area contributed by atoms with Crippen LogP contribution in [0.3, 0.4) is 0 Å². The molecule has 0 spiro atoms. The predicted octanol–water partition coefficient (Wildman–Crippen LogP) is 5.54. The quantitative estimate of drug-likeness (QED) is 0.648. The van der Waals surface area contributed by atoms with Gasteiger partial charge in [0.25, 0.3) is 0 Å². The highest BCUT2D eigenvalue weighted by atomic mass is 16.2.